The predicted molar refractivity (Wildman–Crippen MR) is 68.3 cm³/mol. The standard InChI is InChI=1S/C13H17FN2O3/c1-8(12(18)15-2)7-16(3)13(19)10-5-4-9(17)6-11(10)14/h4-6,8,17H,7H2,1-3H3,(H,15,18). The van der Waals surface area contributed by atoms with Gasteiger partial charge in [0.2, 0.25) is 5.91 Å². The minimum atomic E-state index is -0.788. The highest BCUT2D eigenvalue weighted by molar-refractivity contribution is 5.94. The first-order valence-electron chi connectivity index (χ1n) is 5.82. The fourth-order valence-electron chi connectivity index (χ4n) is 1.71. The largest absolute Gasteiger partial charge is 0.508 e. The van der Waals surface area contributed by atoms with Gasteiger partial charge in [0, 0.05) is 26.7 Å². The van der Waals surface area contributed by atoms with Gasteiger partial charge in [-0.25, -0.2) is 4.39 Å². The summed E-state index contributed by atoms with van der Waals surface area (Å²) in [6, 6.07) is 3.34. The number of carbonyl (C=O) groups is 2. The summed E-state index contributed by atoms with van der Waals surface area (Å²) in [5.74, 6) is -2.14. The van der Waals surface area contributed by atoms with Crippen LogP contribution in [0.3, 0.4) is 0 Å². The summed E-state index contributed by atoms with van der Waals surface area (Å²) < 4.78 is 13.5. The molecule has 0 bridgehead atoms. The molecule has 2 amide bonds. The van der Waals surface area contributed by atoms with Crippen LogP contribution in [0.1, 0.15) is 17.3 Å². The highest BCUT2D eigenvalue weighted by atomic mass is 19.1. The van der Waals surface area contributed by atoms with E-state index in [1.807, 2.05) is 0 Å². The molecule has 1 aromatic rings. The first kappa shape index (κ1) is 14.9. The van der Waals surface area contributed by atoms with Crippen LogP contribution >= 0.6 is 0 Å². The molecule has 0 saturated heterocycles. The molecule has 6 heteroatoms. The number of benzene rings is 1. The third-order valence-electron chi connectivity index (χ3n) is 2.77. The number of nitrogens with one attached hydrogen (secondary N) is 1. The molecule has 1 rings (SSSR count). The Morgan fingerprint density at radius 3 is 2.63 bits per heavy atom. The fourth-order valence-corrected chi connectivity index (χ4v) is 1.71. The number of halogens is 1. The van der Waals surface area contributed by atoms with E-state index in [2.05, 4.69) is 5.32 Å². The molecule has 1 unspecified atom stereocenters. The molecule has 0 aliphatic rings. The molecular formula is C13H17FN2O3. The van der Waals surface area contributed by atoms with Crippen molar-refractivity contribution >= 4 is 11.8 Å². The molecule has 19 heavy (non-hydrogen) atoms. The van der Waals surface area contributed by atoms with Crippen molar-refractivity contribution in [3.63, 3.8) is 0 Å². The van der Waals surface area contributed by atoms with Crippen LogP contribution in [0.2, 0.25) is 0 Å². The molecule has 0 heterocycles. The molecule has 2 N–H and O–H groups in total. The van der Waals surface area contributed by atoms with E-state index in [1.54, 1.807) is 6.92 Å². The van der Waals surface area contributed by atoms with Crippen molar-refractivity contribution in [3.8, 4) is 5.75 Å². The van der Waals surface area contributed by atoms with Crippen molar-refractivity contribution in [2.45, 2.75) is 6.92 Å². The maximum Gasteiger partial charge on any atom is 0.256 e. The van der Waals surface area contributed by atoms with E-state index in [0.717, 1.165) is 6.07 Å². The predicted octanol–water partition coefficient (Wildman–Crippen LogP) is 0.985. The summed E-state index contributed by atoms with van der Waals surface area (Å²) in [6.07, 6.45) is 0. The number of nitrogens with zero attached hydrogens (tertiary/aromatic N) is 1. The lowest BCUT2D eigenvalue weighted by atomic mass is 10.1. The monoisotopic (exact) mass is 268 g/mol. The Balaban J connectivity index is 2.79. The molecule has 0 aliphatic carbocycles. The third-order valence-corrected chi connectivity index (χ3v) is 2.77. The fraction of sp³-hybridized carbons (Fsp3) is 0.385. The molecule has 1 atom stereocenters. The van der Waals surface area contributed by atoms with Crippen LogP contribution in [0.5, 0.6) is 5.75 Å². The molecule has 0 radical (unpaired) electrons. The topological polar surface area (TPSA) is 69.6 Å². The molecule has 0 fully saturated rings. The van der Waals surface area contributed by atoms with E-state index >= 15 is 0 Å². The summed E-state index contributed by atoms with van der Waals surface area (Å²) in [4.78, 5) is 24.6. The third kappa shape index (κ3) is 3.67. The quantitative estimate of drug-likeness (QED) is 0.855. The molecule has 1 aromatic carbocycles. The summed E-state index contributed by atoms with van der Waals surface area (Å²) in [7, 11) is 3.01. The van der Waals surface area contributed by atoms with E-state index in [0.29, 0.717) is 0 Å². The van der Waals surface area contributed by atoms with Crippen LogP contribution < -0.4 is 5.32 Å². The van der Waals surface area contributed by atoms with E-state index in [-0.39, 0.29) is 29.7 Å². The van der Waals surface area contributed by atoms with Gasteiger partial charge in [-0.3, -0.25) is 9.59 Å². The highest BCUT2D eigenvalue weighted by Crippen LogP contribution is 2.16. The Bertz CT molecular complexity index is 491. The van der Waals surface area contributed by atoms with Gasteiger partial charge >= 0.3 is 0 Å². The van der Waals surface area contributed by atoms with Crippen molar-refractivity contribution < 1.29 is 19.1 Å². The average molecular weight is 268 g/mol. The number of rotatable bonds is 4. The highest BCUT2D eigenvalue weighted by Gasteiger charge is 2.20. The normalized spacial score (nSPS) is 11.8. The zero-order chi connectivity index (χ0) is 14.6. The maximum absolute atomic E-state index is 13.5. The van der Waals surface area contributed by atoms with Gasteiger partial charge in [-0.1, -0.05) is 6.92 Å². The number of phenols is 1. The van der Waals surface area contributed by atoms with Gasteiger partial charge < -0.3 is 15.3 Å². The van der Waals surface area contributed by atoms with Crippen LogP contribution in [0.4, 0.5) is 4.39 Å². The Labute approximate surface area is 111 Å². The van der Waals surface area contributed by atoms with Crippen LogP contribution in [0.15, 0.2) is 18.2 Å². The minimum absolute atomic E-state index is 0.135. The first-order chi connectivity index (χ1) is 8.86. The van der Waals surface area contributed by atoms with Gasteiger partial charge in [0.05, 0.1) is 11.5 Å². The van der Waals surface area contributed by atoms with E-state index in [4.69, 9.17) is 5.11 Å². The molecule has 104 valence electrons. The lowest BCUT2D eigenvalue weighted by Crippen LogP contribution is -2.37. The zero-order valence-electron chi connectivity index (χ0n) is 11.1. The average Bonchev–Trinajstić information content (AvgIpc) is 2.36. The van der Waals surface area contributed by atoms with Crippen molar-refractivity contribution in [1.82, 2.24) is 10.2 Å². The van der Waals surface area contributed by atoms with Crippen molar-refractivity contribution in [2.75, 3.05) is 20.6 Å². The summed E-state index contributed by atoms with van der Waals surface area (Å²) in [6.45, 7) is 1.86. The number of hydrogen-bond donors (Lipinski definition) is 2. The lowest BCUT2D eigenvalue weighted by molar-refractivity contribution is -0.124. The second-order valence-corrected chi connectivity index (χ2v) is 4.37. The van der Waals surface area contributed by atoms with Crippen molar-refractivity contribution in [3.05, 3.63) is 29.6 Å². The van der Waals surface area contributed by atoms with Gasteiger partial charge in [-0.05, 0) is 12.1 Å². The number of phenolic OH excluding ortho intramolecular Hbond substituents is 1. The van der Waals surface area contributed by atoms with Crippen LogP contribution in [-0.4, -0.2) is 42.5 Å². The number of carbonyl (C=O) groups excluding carboxylic acids is 2. The van der Waals surface area contributed by atoms with Crippen LogP contribution in [0.25, 0.3) is 0 Å². The smallest absolute Gasteiger partial charge is 0.256 e. The second kappa shape index (κ2) is 6.17. The minimum Gasteiger partial charge on any atom is -0.508 e. The van der Waals surface area contributed by atoms with Gasteiger partial charge in [-0.2, -0.15) is 0 Å². The molecule has 0 spiro atoms. The van der Waals surface area contributed by atoms with E-state index in [9.17, 15) is 14.0 Å². The summed E-state index contributed by atoms with van der Waals surface area (Å²) >= 11 is 0. The van der Waals surface area contributed by atoms with Crippen molar-refractivity contribution in [1.29, 1.82) is 0 Å². The number of aromatic hydroxyl groups is 1. The van der Waals surface area contributed by atoms with E-state index in [1.165, 1.54) is 31.1 Å². The molecule has 0 aromatic heterocycles. The Hall–Kier alpha value is -2.11. The van der Waals surface area contributed by atoms with Crippen LogP contribution in [-0.2, 0) is 4.79 Å². The molecule has 5 nitrogen and oxygen atoms in total. The van der Waals surface area contributed by atoms with Gasteiger partial charge in [0.15, 0.2) is 0 Å². The number of hydrogen-bond acceptors (Lipinski definition) is 3. The zero-order valence-corrected chi connectivity index (χ0v) is 11.1. The van der Waals surface area contributed by atoms with Gasteiger partial charge in [0.1, 0.15) is 11.6 Å². The first-order valence-corrected chi connectivity index (χ1v) is 5.82. The number of amides is 2. The Morgan fingerprint density at radius 1 is 1.47 bits per heavy atom. The van der Waals surface area contributed by atoms with Gasteiger partial charge in [0.25, 0.3) is 5.91 Å². The van der Waals surface area contributed by atoms with Crippen LogP contribution in [0, 0.1) is 11.7 Å². The van der Waals surface area contributed by atoms with E-state index < -0.39 is 11.7 Å². The Morgan fingerprint density at radius 2 is 2.11 bits per heavy atom. The van der Waals surface area contributed by atoms with Crippen molar-refractivity contribution in [2.24, 2.45) is 5.92 Å². The summed E-state index contributed by atoms with van der Waals surface area (Å²) in [5, 5.41) is 11.6. The second-order valence-electron chi connectivity index (χ2n) is 4.37. The molecule has 0 saturated carbocycles. The molecule has 0 aliphatic heterocycles. The Kier molecular flexibility index (Phi) is 4.86. The van der Waals surface area contributed by atoms with Gasteiger partial charge in [-0.15, -0.1) is 0 Å². The SMILES string of the molecule is CNC(=O)C(C)CN(C)C(=O)c1ccc(O)cc1F. The maximum atomic E-state index is 13.5. The summed E-state index contributed by atoms with van der Waals surface area (Å²) in [5.41, 5.74) is -0.135. The lowest BCUT2D eigenvalue weighted by Gasteiger charge is -2.21. The molecular weight excluding hydrogens is 251 g/mol.